The molecule has 0 saturated carbocycles. The number of nitrogens with zero attached hydrogens (tertiary/aromatic N) is 2. The van der Waals surface area contributed by atoms with E-state index in [4.69, 9.17) is 14.2 Å². The highest BCUT2D eigenvalue weighted by Crippen LogP contribution is 2.34. The van der Waals surface area contributed by atoms with Crippen molar-refractivity contribution in [1.82, 2.24) is 14.8 Å². The van der Waals surface area contributed by atoms with Crippen LogP contribution >= 0.6 is 11.8 Å². The largest absolute Gasteiger partial charge is 0.454 e. The van der Waals surface area contributed by atoms with E-state index in [0.29, 0.717) is 28.9 Å². The van der Waals surface area contributed by atoms with Crippen molar-refractivity contribution in [3.8, 4) is 11.5 Å². The van der Waals surface area contributed by atoms with Crippen LogP contribution in [0.4, 0.5) is 5.69 Å². The SMILES string of the molecule is O=C(CSc1n[nH]c(=O)n1C[C@H]1CCCO1)Nc1ccc2c(c1)OCO2. The molecule has 1 amide bonds. The summed E-state index contributed by atoms with van der Waals surface area (Å²) in [6.45, 7) is 1.35. The molecule has 0 bridgehead atoms. The molecule has 0 spiro atoms. The lowest BCUT2D eigenvalue weighted by atomic mass is 10.2. The zero-order valence-electron chi connectivity index (χ0n) is 13.9. The van der Waals surface area contributed by atoms with E-state index >= 15 is 0 Å². The van der Waals surface area contributed by atoms with E-state index in [1.807, 2.05) is 0 Å². The Morgan fingerprint density at radius 1 is 1.38 bits per heavy atom. The first-order valence-corrected chi connectivity index (χ1v) is 9.27. The van der Waals surface area contributed by atoms with Gasteiger partial charge in [-0.3, -0.25) is 9.36 Å². The second-order valence-corrected chi connectivity index (χ2v) is 6.90. The lowest BCUT2D eigenvalue weighted by Crippen LogP contribution is -2.25. The lowest BCUT2D eigenvalue weighted by molar-refractivity contribution is -0.113. The van der Waals surface area contributed by atoms with E-state index in [0.717, 1.165) is 19.4 Å². The Morgan fingerprint density at radius 2 is 2.27 bits per heavy atom. The molecule has 2 aliphatic heterocycles. The van der Waals surface area contributed by atoms with Crippen molar-refractivity contribution in [3.05, 3.63) is 28.7 Å². The molecule has 2 N–H and O–H groups in total. The summed E-state index contributed by atoms with van der Waals surface area (Å²) in [6.07, 6.45) is 1.94. The predicted molar refractivity (Wildman–Crippen MR) is 93.7 cm³/mol. The van der Waals surface area contributed by atoms with Gasteiger partial charge in [0.1, 0.15) is 0 Å². The molecule has 0 unspecified atom stereocenters. The van der Waals surface area contributed by atoms with Gasteiger partial charge in [0.15, 0.2) is 16.7 Å². The summed E-state index contributed by atoms with van der Waals surface area (Å²) in [5, 5.41) is 9.71. The fourth-order valence-corrected chi connectivity index (χ4v) is 3.62. The van der Waals surface area contributed by atoms with Crippen molar-refractivity contribution in [3.63, 3.8) is 0 Å². The van der Waals surface area contributed by atoms with Gasteiger partial charge in [0.05, 0.1) is 18.4 Å². The van der Waals surface area contributed by atoms with Gasteiger partial charge in [0.2, 0.25) is 12.7 Å². The van der Waals surface area contributed by atoms with Gasteiger partial charge in [0, 0.05) is 18.4 Å². The third kappa shape index (κ3) is 3.70. The summed E-state index contributed by atoms with van der Waals surface area (Å²) in [7, 11) is 0. The summed E-state index contributed by atoms with van der Waals surface area (Å²) in [4.78, 5) is 24.1. The molecule has 2 aliphatic rings. The van der Waals surface area contributed by atoms with Gasteiger partial charge >= 0.3 is 5.69 Å². The van der Waals surface area contributed by atoms with Crippen LogP contribution in [-0.4, -0.2) is 45.9 Å². The normalized spacial score (nSPS) is 18.2. The number of fused-ring (bicyclic) bond motifs is 1. The fraction of sp³-hybridized carbons (Fsp3) is 0.438. The van der Waals surface area contributed by atoms with Gasteiger partial charge < -0.3 is 19.5 Å². The third-order valence-corrected chi connectivity index (χ3v) is 5.10. The summed E-state index contributed by atoms with van der Waals surface area (Å²) in [5.41, 5.74) is 0.331. The van der Waals surface area contributed by atoms with Crippen molar-refractivity contribution in [2.24, 2.45) is 0 Å². The summed E-state index contributed by atoms with van der Waals surface area (Å²) in [5.74, 6) is 1.19. The maximum absolute atomic E-state index is 12.2. The molecular formula is C16H18N4O5S. The molecular weight excluding hydrogens is 360 g/mol. The highest BCUT2D eigenvalue weighted by atomic mass is 32.2. The molecule has 1 aromatic heterocycles. The van der Waals surface area contributed by atoms with E-state index < -0.39 is 0 Å². The van der Waals surface area contributed by atoms with Gasteiger partial charge in [-0.15, -0.1) is 5.10 Å². The molecule has 0 radical (unpaired) electrons. The fourth-order valence-electron chi connectivity index (χ4n) is 2.87. The molecule has 1 aromatic carbocycles. The minimum Gasteiger partial charge on any atom is -0.454 e. The quantitative estimate of drug-likeness (QED) is 0.728. The summed E-state index contributed by atoms with van der Waals surface area (Å²) in [6, 6.07) is 5.21. The molecule has 138 valence electrons. The first-order chi connectivity index (χ1) is 12.7. The maximum Gasteiger partial charge on any atom is 0.344 e. The van der Waals surface area contributed by atoms with Crippen LogP contribution in [-0.2, 0) is 16.1 Å². The molecule has 4 rings (SSSR count). The van der Waals surface area contributed by atoms with Crippen LogP contribution in [0.3, 0.4) is 0 Å². The zero-order chi connectivity index (χ0) is 17.9. The van der Waals surface area contributed by atoms with Crippen LogP contribution < -0.4 is 20.5 Å². The highest BCUT2D eigenvalue weighted by Gasteiger charge is 2.20. The smallest absolute Gasteiger partial charge is 0.344 e. The summed E-state index contributed by atoms with van der Waals surface area (Å²) < 4.78 is 17.6. The number of H-pyrrole nitrogens is 1. The second-order valence-electron chi connectivity index (χ2n) is 5.96. The summed E-state index contributed by atoms with van der Waals surface area (Å²) >= 11 is 1.20. The van der Waals surface area contributed by atoms with E-state index in [-0.39, 0.29) is 30.2 Å². The molecule has 0 aliphatic carbocycles. The van der Waals surface area contributed by atoms with Gasteiger partial charge in [-0.1, -0.05) is 11.8 Å². The first-order valence-electron chi connectivity index (χ1n) is 8.28. The average Bonchev–Trinajstić information content (AvgIpc) is 3.36. The first kappa shape index (κ1) is 17.0. The molecule has 1 saturated heterocycles. The number of benzene rings is 1. The predicted octanol–water partition coefficient (Wildman–Crippen LogP) is 1.21. The maximum atomic E-state index is 12.2. The van der Waals surface area contributed by atoms with E-state index in [1.165, 1.54) is 16.3 Å². The van der Waals surface area contributed by atoms with Crippen LogP contribution in [0.25, 0.3) is 0 Å². The number of aromatic nitrogens is 3. The lowest BCUT2D eigenvalue weighted by Gasteiger charge is -2.11. The second kappa shape index (κ2) is 7.42. The van der Waals surface area contributed by atoms with E-state index in [9.17, 15) is 9.59 Å². The number of ether oxygens (including phenoxy) is 3. The molecule has 26 heavy (non-hydrogen) atoms. The minimum absolute atomic E-state index is 0.0205. The molecule has 3 heterocycles. The Balaban J connectivity index is 1.35. The molecule has 2 aromatic rings. The number of hydrogen-bond acceptors (Lipinski definition) is 7. The third-order valence-electron chi connectivity index (χ3n) is 4.12. The highest BCUT2D eigenvalue weighted by molar-refractivity contribution is 7.99. The minimum atomic E-state index is -0.292. The number of hydrogen-bond donors (Lipinski definition) is 2. The molecule has 1 atom stereocenters. The topological polar surface area (TPSA) is 107 Å². The molecule has 9 nitrogen and oxygen atoms in total. The van der Waals surface area contributed by atoms with Crippen LogP contribution in [0.5, 0.6) is 11.5 Å². The van der Waals surface area contributed by atoms with Crippen LogP contribution in [0.1, 0.15) is 12.8 Å². The number of nitrogens with one attached hydrogen (secondary N) is 2. The van der Waals surface area contributed by atoms with Crippen molar-refractivity contribution >= 4 is 23.4 Å². The van der Waals surface area contributed by atoms with Crippen molar-refractivity contribution < 1.29 is 19.0 Å². The average molecular weight is 378 g/mol. The molecule has 10 heteroatoms. The number of anilines is 1. The van der Waals surface area contributed by atoms with Crippen LogP contribution in [0.15, 0.2) is 28.2 Å². The number of carbonyl (C=O) groups is 1. The Bertz CT molecular complexity index is 859. The van der Waals surface area contributed by atoms with Gasteiger partial charge in [-0.2, -0.15) is 0 Å². The number of rotatable bonds is 6. The Labute approximate surface area is 153 Å². The van der Waals surface area contributed by atoms with E-state index in [2.05, 4.69) is 15.5 Å². The van der Waals surface area contributed by atoms with Crippen molar-refractivity contribution in [2.75, 3.05) is 24.5 Å². The number of aromatic amines is 1. The standard InChI is InChI=1S/C16H18N4O5S/c21-14(17-10-3-4-12-13(6-10)25-9-24-12)8-26-16-19-18-15(22)20(16)7-11-2-1-5-23-11/h3-4,6,11H,1-2,5,7-9H2,(H,17,21)(H,18,22)/t11-/m1/s1. The Morgan fingerprint density at radius 3 is 3.12 bits per heavy atom. The van der Waals surface area contributed by atoms with Crippen molar-refractivity contribution in [2.45, 2.75) is 30.6 Å². The Kier molecular flexibility index (Phi) is 4.85. The van der Waals surface area contributed by atoms with Crippen LogP contribution in [0, 0.1) is 0 Å². The van der Waals surface area contributed by atoms with Gasteiger partial charge in [0.25, 0.3) is 0 Å². The molecule has 1 fully saturated rings. The monoisotopic (exact) mass is 378 g/mol. The van der Waals surface area contributed by atoms with E-state index in [1.54, 1.807) is 18.2 Å². The van der Waals surface area contributed by atoms with Crippen LogP contribution in [0.2, 0.25) is 0 Å². The Hall–Kier alpha value is -2.46. The number of carbonyl (C=O) groups excluding carboxylic acids is 1. The van der Waals surface area contributed by atoms with Gasteiger partial charge in [-0.05, 0) is 25.0 Å². The zero-order valence-corrected chi connectivity index (χ0v) is 14.7. The van der Waals surface area contributed by atoms with Gasteiger partial charge in [-0.25, -0.2) is 9.89 Å². The van der Waals surface area contributed by atoms with Crippen molar-refractivity contribution in [1.29, 1.82) is 0 Å². The number of amides is 1. The number of thioether (sulfide) groups is 1.